The molecule has 0 saturated heterocycles. The molecule has 0 atom stereocenters. The van der Waals surface area contributed by atoms with Crippen molar-refractivity contribution in [1.29, 1.82) is 0 Å². The molecule has 4 aromatic rings. The van der Waals surface area contributed by atoms with Gasteiger partial charge in [-0.25, -0.2) is 14.8 Å². The molecule has 0 aromatic carbocycles. The van der Waals surface area contributed by atoms with Gasteiger partial charge in [0, 0.05) is 30.9 Å². The fraction of sp³-hybridized carbons (Fsp3) is 0.250. The van der Waals surface area contributed by atoms with Crippen LogP contribution in [-0.2, 0) is 4.74 Å². The van der Waals surface area contributed by atoms with E-state index in [9.17, 15) is 4.79 Å². The smallest absolute Gasteiger partial charge is 0.413 e. The molecule has 0 aliphatic rings. The Morgan fingerprint density at radius 1 is 0.946 bits per heavy atom. The topological polar surface area (TPSA) is 102 Å². The monoisotopic (exact) mass is 498 g/mol. The zero-order valence-corrected chi connectivity index (χ0v) is 21.3. The first-order valence-corrected chi connectivity index (χ1v) is 12.0. The average molecular weight is 499 g/mol. The van der Waals surface area contributed by atoms with Crippen molar-refractivity contribution in [3.63, 3.8) is 0 Å². The highest BCUT2D eigenvalue weighted by atomic mass is 16.6. The molecule has 4 aromatic heterocycles. The van der Waals surface area contributed by atoms with Crippen LogP contribution < -0.4 is 15.0 Å². The Bertz CT molecular complexity index is 1260. The van der Waals surface area contributed by atoms with Crippen LogP contribution >= 0.6 is 0 Å². The summed E-state index contributed by atoms with van der Waals surface area (Å²) >= 11 is 0. The maximum Gasteiger partial charge on any atom is 0.413 e. The molecular weight excluding hydrogens is 468 g/mol. The fourth-order valence-corrected chi connectivity index (χ4v) is 3.76. The molecule has 9 heteroatoms. The Morgan fingerprint density at radius 3 is 2.19 bits per heavy atom. The van der Waals surface area contributed by atoms with Crippen LogP contribution in [0.2, 0.25) is 0 Å². The molecule has 0 spiro atoms. The first-order chi connectivity index (χ1) is 17.8. The minimum Gasteiger partial charge on any atom is -0.478 e. The van der Waals surface area contributed by atoms with Crippen LogP contribution in [0.1, 0.15) is 44.9 Å². The number of hydrogen-bond donors (Lipinski definition) is 1. The van der Waals surface area contributed by atoms with Crippen molar-refractivity contribution >= 4 is 23.4 Å². The summed E-state index contributed by atoms with van der Waals surface area (Å²) in [7, 11) is 0. The number of nitrogens with zero attached hydrogens (tertiary/aromatic N) is 5. The van der Waals surface area contributed by atoms with Crippen molar-refractivity contribution in [2.75, 3.05) is 16.8 Å². The van der Waals surface area contributed by atoms with E-state index in [1.54, 1.807) is 24.7 Å². The highest BCUT2D eigenvalue weighted by Gasteiger charge is 2.27. The first-order valence-electron chi connectivity index (χ1n) is 12.0. The van der Waals surface area contributed by atoms with E-state index in [4.69, 9.17) is 14.5 Å². The van der Waals surface area contributed by atoms with E-state index in [0.717, 1.165) is 16.8 Å². The number of carbonyl (C=O) groups is 1. The van der Waals surface area contributed by atoms with E-state index >= 15 is 0 Å². The Morgan fingerprint density at radius 2 is 1.65 bits per heavy atom. The van der Waals surface area contributed by atoms with Gasteiger partial charge in [0.2, 0.25) is 5.88 Å². The number of anilines is 3. The van der Waals surface area contributed by atoms with Crippen LogP contribution in [0.15, 0.2) is 85.6 Å². The molecule has 0 unspecified atom stereocenters. The van der Waals surface area contributed by atoms with Gasteiger partial charge in [-0.1, -0.05) is 18.2 Å². The van der Waals surface area contributed by atoms with E-state index < -0.39 is 11.7 Å². The molecule has 1 N–H and O–H groups in total. The third kappa shape index (κ3) is 6.78. The van der Waals surface area contributed by atoms with Crippen molar-refractivity contribution in [2.45, 2.75) is 39.3 Å². The van der Waals surface area contributed by atoms with Gasteiger partial charge in [-0.3, -0.25) is 15.3 Å². The molecule has 1 amide bonds. The van der Waals surface area contributed by atoms with Crippen LogP contribution in [0.4, 0.5) is 22.1 Å². The second-order valence-electron chi connectivity index (χ2n) is 9.14. The lowest BCUT2D eigenvalue weighted by Gasteiger charge is -2.33. The SMILES string of the molecule is CCOc1ccc(N(c2cccc(NC(=O)OC(C)(C)C)n2)C(c2cccnc2)c2cccnc2)cn1. The standard InChI is InChI=1S/C28H30N6O3/c1-5-36-25-14-13-22(19-31-25)34(24-12-6-11-23(32-24)33-27(35)37-28(2,3)4)26(20-9-7-15-29-17-20)21-10-8-16-30-18-21/h6-19,26H,5H2,1-4H3,(H,32,33,35). The number of ether oxygens (including phenoxy) is 2. The number of pyridine rings is 4. The van der Waals surface area contributed by atoms with E-state index in [2.05, 4.69) is 20.3 Å². The maximum atomic E-state index is 12.4. The molecule has 9 nitrogen and oxygen atoms in total. The number of amides is 1. The van der Waals surface area contributed by atoms with Gasteiger partial charge in [0.25, 0.3) is 0 Å². The summed E-state index contributed by atoms with van der Waals surface area (Å²) in [4.78, 5) is 32.4. The van der Waals surface area contributed by atoms with E-state index in [1.807, 2.05) is 93.5 Å². The summed E-state index contributed by atoms with van der Waals surface area (Å²) in [5.41, 5.74) is 1.99. The van der Waals surface area contributed by atoms with Crippen LogP contribution in [0.25, 0.3) is 0 Å². The van der Waals surface area contributed by atoms with Crippen LogP contribution in [0, 0.1) is 0 Å². The zero-order valence-electron chi connectivity index (χ0n) is 21.3. The van der Waals surface area contributed by atoms with Gasteiger partial charge in [0.15, 0.2) is 0 Å². The van der Waals surface area contributed by atoms with Gasteiger partial charge in [-0.15, -0.1) is 0 Å². The number of aromatic nitrogens is 4. The third-order valence-electron chi connectivity index (χ3n) is 5.16. The Labute approximate surface area is 216 Å². The molecular formula is C28H30N6O3. The lowest BCUT2D eigenvalue weighted by Crippen LogP contribution is -2.28. The normalized spacial score (nSPS) is 11.2. The van der Waals surface area contributed by atoms with Crippen LogP contribution in [0.5, 0.6) is 5.88 Å². The molecule has 0 saturated carbocycles. The minimum atomic E-state index is -0.632. The van der Waals surface area contributed by atoms with Gasteiger partial charge in [-0.05, 0) is 69.2 Å². The van der Waals surface area contributed by atoms with Crippen molar-refractivity contribution in [3.8, 4) is 5.88 Å². The second kappa shape index (κ2) is 11.5. The predicted molar refractivity (Wildman–Crippen MR) is 142 cm³/mol. The molecule has 0 fully saturated rings. The van der Waals surface area contributed by atoms with Gasteiger partial charge in [-0.2, -0.15) is 0 Å². The highest BCUT2D eigenvalue weighted by Crippen LogP contribution is 2.38. The van der Waals surface area contributed by atoms with Crippen LogP contribution in [0.3, 0.4) is 0 Å². The maximum absolute atomic E-state index is 12.4. The molecule has 0 aliphatic heterocycles. The van der Waals surface area contributed by atoms with Crippen molar-refractivity contribution in [3.05, 3.63) is 96.7 Å². The quantitative estimate of drug-likeness (QED) is 0.318. The molecule has 0 bridgehead atoms. The Kier molecular flexibility index (Phi) is 7.92. The lowest BCUT2D eigenvalue weighted by molar-refractivity contribution is 0.0635. The number of nitrogens with one attached hydrogen (secondary N) is 1. The first kappa shape index (κ1) is 25.6. The van der Waals surface area contributed by atoms with Crippen molar-refractivity contribution < 1.29 is 14.3 Å². The third-order valence-corrected chi connectivity index (χ3v) is 5.16. The number of carbonyl (C=O) groups excluding carboxylic acids is 1. The average Bonchev–Trinajstić information content (AvgIpc) is 2.88. The number of hydrogen-bond acceptors (Lipinski definition) is 8. The summed E-state index contributed by atoms with van der Waals surface area (Å²) in [5.74, 6) is 1.46. The largest absolute Gasteiger partial charge is 0.478 e. The Balaban J connectivity index is 1.82. The predicted octanol–water partition coefficient (Wildman–Crippen LogP) is 5.94. The molecule has 37 heavy (non-hydrogen) atoms. The van der Waals surface area contributed by atoms with Crippen LogP contribution in [-0.4, -0.2) is 38.2 Å². The van der Waals surface area contributed by atoms with E-state index in [1.165, 1.54) is 0 Å². The Hall–Kier alpha value is -4.53. The molecule has 4 heterocycles. The lowest BCUT2D eigenvalue weighted by atomic mass is 9.99. The summed E-state index contributed by atoms with van der Waals surface area (Å²) in [5, 5.41) is 2.73. The van der Waals surface area contributed by atoms with Gasteiger partial charge < -0.3 is 14.4 Å². The summed E-state index contributed by atoms with van der Waals surface area (Å²) in [6, 6.07) is 16.6. The van der Waals surface area contributed by atoms with E-state index in [0.29, 0.717) is 24.1 Å². The summed E-state index contributed by atoms with van der Waals surface area (Å²) < 4.78 is 11.0. The van der Waals surface area contributed by atoms with Crippen molar-refractivity contribution in [1.82, 2.24) is 19.9 Å². The van der Waals surface area contributed by atoms with E-state index in [-0.39, 0.29) is 6.04 Å². The van der Waals surface area contributed by atoms with Gasteiger partial charge in [0.05, 0.1) is 24.5 Å². The second-order valence-corrected chi connectivity index (χ2v) is 9.14. The zero-order chi connectivity index (χ0) is 26.3. The highest BCUT2D eigenvalue weighted by molar-refractivity contribution is 5.84. The number of rotatable bonds is 8. The molecule has 0 aliphatic carbocycles. The summed E-state index contributed by atoms with van der Waals surface area (Å²) in [6.45, 7) is 7.86. The summed E-state index contributed by atoms with van der Waals surface area (Å²) in [6.07, 6.45) is 8.25. The minimum absolute atomic E-state index is 0.341. The molecule has 0 radical (unpaired) electrons. The van der Waals surface area contributed by atoms with Gasteiger partial charge >= 0.3 is 6.09 Å². The fourth-order valence-electron chi connectivity index (χ4n) is 3.76. The molecule has 4 rings (SSSR count). The molecule has 190 valence electrons. The van der Waals surface area contributed by atoms with Crippen molar-refractivity contribution in [2.24, 2.45) is 0 Å². The van der Waals surface area contributed by atoms with Gasteiger partial charge in [0.1, 0.15) is 17.2 Å².